The van der Waals surface area contributed by atoms with Crippen molar-refractivity contribution < 1.29 is 5.11 Å². The van der Waals surface area contributed by atoms with Gasteiger partial charge in [-0.3, -0.25) is 4.68 Å². The third kappa shape index (κ3) is 1.80. The Labute approximate surface area is 105 Å². The molecule has 3 rings (SSSR count). The fourth-order valence-corrected chi connectivity index (χ4v) is 2.33. The Morgan fingerprint density at radius 1 is 1.22 bits per heavy atom. The van der Waals surface area contributed by atoms with Crippen LogP contribution in [0.4, 0.5) is 0 Å². The predicted octanol–water partition coefficient (Wildman–Crippen LogP) is 1.92. The third-order valence-electron chi connectivity index (χ3n) is 3.15. The summed E-state index contributed by atoms with van der Waals surface area (Å²) in [7, 11) is 1.91. The van der Waals surface area contributed by atoms with E-state index in [0.29, 0.717) is 0 Å². The molecule has 0 saturated carbocycles. The Morgan fingerprint density at radius 2 is 2.06 bits per heavy atom. The van der Waals surface area contributed by atoms with Gasteiger partial charge in [0.2, 0.25) is 0 Å². The number of aromatic nitrogens is 3. The molecule has 1 aromatic carbocycles. The van der Waals surface area contributed by atoms with Gasteiger partial charge in [0.25, 0.3) is 0 Å². The molecular weight excluding hydrogens is 226 g/mol. The zero-order valence-corrected chi connectivity index (χ0v) is 10.2. The zero-order valence-electron chi connectivity index (χ0n) is 10.2. The summed E-state index contributed by atoms with van der Waals surface area (Å²) in [5.74, 6) is 0. The van der Waals surface area contributed by atoms with Crippen LogP contribution in [0.25, 0.3) is 10.9 Å². The highest BCUT2D eigenvalue weighted by molar-refractivity contribution is 5.83. The summed E-state index contributed by atoms with van der Waals surface area (Å²) in [5, 5.41) is 14.7. The highest BCUT2D eigenvalue weighted by Gasteiger charge is 2.07. The molecule has 0 fully saturated rings. The second-order valence-electron chi connectivity index (χ2n) is 4.48. The number of fused-ring (bicyclic) bond motifs is 1. The van der Waals surface area contributed by atoms with E-state index in [4.69, 9.17) is 0 Å². The van der Waals surface area contributed by atoms with Crippen molar-refractivity contribution in [1.82, 2.24) is 14.3 Å². The fourth-order valence-electron chi connectivity index (χ4n) is 2.33. The standard InChI is InChI=1S/C14H15N3O/c1-16-7-11(6-15-16)8-17-9-12(10-18)13-4-2-3-5-14(13)17/h2-7,9,18H,8,10H2,1H3. The molecule has 0 aliphatic carbocycles. The summed E-state index contributed by atoms with van der Waals surface area (Å²) in [6.07, 6.45) is 5.89. The zero-order chi connectivity index (χ0) is 12.5. The monoisotopic (exact) mass is 241 g/mol. The van der Waals surface area contributed by atoms with Crippen LogP contribution in [0.5, 0.6) is 0 Å². The first-order valence-corrected chi connectivity index (χ1v) is 5.93. The normalized spacial score (nSPS) is 11.2. The minimum absolute atomic E-state index is 0.0700. The first-order chi connectivity index (χ1) is 8.78. The molecule has 4 nitrogen and oxygen atoms in total. The second kappa shape index (κ2) is 4.31. The molecule has 18 heavy (non-hydrogen) atoms. The third-order valence-corrected chi connectivity index (χ3v) is 3.15. The molecule has 0 aliphatic heterocycles. The lowest BCUT2D eigenvalue weighted by molar-refractivity contribution is 0.283. The number of aryl methyl sites for hydroxylation is 1. The summed E-state index contributed by atoms with van der Waals surface area (Å²) < 4.78 is 3.95. The van der Waals surface area contributed by atoms with Gasteiger partial charge >= 0.3 is 0 Å². The van der Waals surface area contributed by atoms with E-state index in [1.165, 1.54) is 0 Å². The first-order valence-electron chi connectivity index (χ1n) is 5.93. The average Bonchev–Trinajstić information content (AvgIpc) is 2.95. The quantitative estimate of drug-likeness (QED) is 0.761. The van der Waals surface area contributed by atoms with Crippen molar-refractivity contribution >= 4 is 10.9 Å². The molecule has 0 aliphatic rings. The molecule has 2 aromatic heterocycles. The minimum Gasteiger partial charge on any atom is -0.392 e. The topological polar surface area (TPSA) is 43.0 Å². The van der Waals surface area contributed by atoms with E-state index in [9.17, 15) is 5.11 Å². The number of aliphatic hydroxyl groups excluding tert-OH is 1. The number of aliphatic hydroxyl groups is 1. The molecule has 0 spiro atoms. The van der Waals surface area contributed by atoms with Gasteiger partial charge in [0, 0.05) is 41.5 Å². The number of para-hydroxylation sites is 1. The van der Waals surface area contributed by atoms with Crippen molar-refractivity contribution in [2.24, 2.45) is 7.05 Å². The van der Waals surface area contributed by atoms with Crippen LogP contribution in [0.2, 0.25) is 0 Å². The van der Waals surface area contributed by atoms with E-state index < -0.39 is 0 Å². The molecule has 0 saturated heterocycles. The van der Waals surface area contributed by atoms with E-state index in [2.05, 4.69) is 15.7 Å². The van der Waals surface area contributed by atoms with E-state index in [-0.39, 0.29) is 6.61 Å². The lowest BCUT2D eigenvalue weighted by atomic mass is 10.2. The van der Waals surface area contributed by atoms with Gasteiger partial charge < -0.3 is 9.67 Å². The summed E-state index contributed by atoms with van der Waals surface area (Å²) in [4.78, 5) is 0. The average molecular weight is 241 g/mol. The molecule has 0 atom stereocenters. The van der Waals surface area contributed by atoms with Crippen LogP contribution in [0, 0.1) is 0 Å². The molecule has 0 unspecified atom stereocenters. The van der Waals surface area contributed by atoms with Gasteiger partial charge in [-0.25, -0.2) is 0 Å². The molecule has 3 aromatic rings. The van der Waals surface area contributed by atoms with Crippen molar-refractivity contribution in [2.45, 2.75) is 13.2 Å². The van der Waals surface area contributed by atoms with Gasteiger partial charge in [-0.1, -0.05) is 18.2 Å². The van der Waals surface area contributed by atoms with Crippen LogP contribution in [0.3, 0.4) is 0 Å². The largest absolute Gasteiger partial charge is 0.392 e. The Hall–Kier alpha value is -2.07. The van der Waals surface area contributed by atoms with E-state index in [1.54, 1.807) is 4.68 Å². The van der Waals surface area contributed by atoms with Crippen LogP contribution >= 0.6 is 0 Å². The second-order valence-corrected chi connectivity index (χ2v) is 4.48. The number of hydrogen-bond acceptors (Lipinski definition) is 2. The summed E-state index contributed by atoms with van der Waals surface area (Å²) >= 11 is 0. The SMILES string of the molecule is Cn1cc(Cn2cc(CO)c3ccccc32)cn1. The predicted molar refractivity (Wildman–Crippen MR) is 70.2 cm³/mol. The maximum absolute atomic E-state index is 9.39. The lowest BCUT2D eigenvalue weighted by Crippen LogP contribution is -1.96. The van der Waals surface area contributed by atoms with Crippen LogP contribution < -0.4 is 0 Å². The van der Waals surface area contributed by atoms with Crippen LogP contribution in [-0.2, 0) is 20.2 Å². The maximum Gasteiger partial charge on any atom is 0.0702 e. The number of hydrogen-bond donors (Lipinski definition) is 1. The molecular formula is C14H15N3O. The number of benzene rings is 1. The van der Waals surface area contributed by atoms with Gasteiger partial charge in [0.1, 0.15) is 0 Å². The van der Waals surface area contributed by atoms with Crippen LogP contribution in [-0.4, -0.2) is 19.5 Å². The first kappa shape index (κ1) is 11.0. The maximum atomic E-state index is 9.39. The Kier molecular flexibility index (Phi) is 2.64. The smallest absolute Gasteiger partial charge is 0.0702 e. The van der Waals surface area contributed by atoms with Crippen molar-refractivity contribution in [3.8, 4) is 0 Å². The Balaban J connectivity index is 2.06. The molecule has 1 N–H and O–H groups in total. The summed E-state index contributed by atoms with van der Waals surface area (Å²) in [6, 6.07) is 8.13. The molecule has 0 bridgehead atoms. The van der Waals surface area contributed by atoms with Gasteiger partial charge in [0.15, 0.2) is 0 Å². The highest BCUT2D eigenvalue weighted by atomic mass is 16.3. The van der Waals surface area contributed by atoms with Gasteiger partial charge in [-0.15, -0.1) is 0 Å². The molecule has 0 amide bonds. The van der Waals surface area contributed by atoms with E-state index in [1.807, 2.05) is 43.8 Å². The van der Waals surface area contributed by atoms with Crippen molar-refractivity contribution in [1.29, 1.82) is 0 Å². The summed E-state index contributed by atoms with van der Waals surface area (Å²) in [6.45, 7) is 0.842. The van der Waals surface area contributed by atoms with Gasteiger partial charge in [-0.05, 0) is 6.07 Å². The Bertz CT molecular complexity index is 681. The Morgan fingerprint density at radius 3 is 2.78 bits per heavy atom. The van der Waals surface area contributed by atoms with Gasteiger partial charge in [0.05, 0.1) is 19.3 Å². The molecule has 4 heteroatoms. The summed E-state index contributed by atoms with van der Waals surface area (Å²) in [5.41, 5.74) is 3.27. The van der Waals surface area contributed by atoms with Crippen molar-refractivity contribution in [3.05, 3.63) is 54.0 Å². The van der Waals surface area contributed by atoms with Crippen molar-refractivity contribution in [3.63, 3.8) is 0 Å². The lowest BCUT2D eigenvalue weighted by Gasteiger charge is -2.02. The number of rotatable bonds is 3. The highest BCUT2D eigenvalue weighted by Crippen LogP contribution is 2.22. The number of nitrogens with zero attached hydrogens (tertiary/aromatic N) is 3. The van der Waals surface area contributed by atoms with Crippen molar-refractivity contribution in [2.75, 3.05) is 0 Å². The minimum atomic E-state index is 0.0700. The molecule has 2 heterocycles. The van der Waals surface area contributed by atoms with E-state index >= 15 is 0 Å². The fraction of sp³-hybridized carbons (Fsp3) is 0.214. The van der Waals surface area contributed by atoms with Crippen LogP contribution in [0.1, 0.15) is 11.1 Å². The van der Waals surface area contributed by atoms with Crippen LogP contribution in [0.15, 0.2) is 42.9 Å². The van der Waals surface area contributed by atoms with Gasteiger partial charge in [-0.2, -0.15) is 5.10 Å². The molecule has 0 radical (unpaired) electrons. The molecule has 92 valence electrons. The van der Waals surface area contributed by atoms with E-state index in [0.717, 1.165) is 28.6 Å².